The number of benzene rings is 2. The molecule has 0 saturated carbocycles. The molecule has 220 valence electrons. The van der Waals surface area contributed by atoms with Crippen molar-refractivity contribution >= 4 is 5.57 Å². The van der Waals surface area contributed by atoms with Gasteiger partial charge in [-0.25, -0.2) is 0 Å². The first-order valence-corrected chi connectivity index (χ1v) is 15.9. The van der Waals surface area contributed by atoms with E-state index in [2.05, 4.69) is 112 Å². The zero-order chi connectivity index (χ0) is 30.9. The maximum absolute atomic E-state index is 4.93. The standard InChI is InChI=1S/C42H52/c1-25(2)35-21-34(20-27(5)19-33-17-15-14-16-18-33)29(7)38-30(8)39-32(10)42(13)31(9)37(26(3)4)28(6)22-41(42,12)24-40(39,11)23-36(35)38/h14-18,21,25H,3,5,8-9,19-20,22-24H2,1-2,4,6-7,10-13H3/t40-,41+,42-/m1/s1. The van der Waals surface area contributed by atoms with Crippen LogP contribution >= 0.6 is 0 Å². The van der Waals surface area contributed by atoms with Gasteiger partial charge in [0, 0.05) is 5.41 Å². The third kappa shape index (κ3) is 4.40. The van der Waals surface area contributed by atoms with Gasteiger partial charge in [-0.15, -0.1) is 0 Å². The summed E-state index contributed by atoms with van der Waals surface area (Å²) in [6.45, 7) is 40.0. The van der Waals surface area contributed by atoms with Crippen molar-refractivity contribution in [1.29, 1.82) is 0 Å². The van der Waals surface area contributed by atoms with Gasteiger partial charge >= 0.3 is 0 Å². The van der Waals surface area contributed by atoms with E-state index in [0.29, 0.717) is 5.92 Å². The monoisotopic (exact) mass is 556 g/mol. The van der Waals surface area contributed by atoms with Crippen molar-refractivity contribution in [3.63, 3.8) is 0 Å². The number of fused-ring (bicyclic) bond motifs is 3. The van der Waals surface area contributed by atoms with Gasteiger partial charge in [-0.1, -0.05) is 120 Å². The Labute approximate surface area is 256 Å². The normalized spacial score (nSPS) is 27.2. The zero-order valence-corrected chi connectivity index (χ0v) is 27.9. The highest BCUT2D eigenvalue weighted by Gasteiger charge is 2.59. The predicted molar refractivity (Wildman–Crippen MR) is 184 cm³/mol. The molecule has 42 heavy (non-hydrogen) atoms. The average molecular weight is 557 g/mol. The molecule has 0 aliphatic heterocycles. The lowest BCUT2D eigenvalue weighted by Crippen LogP contribution is -2.52. The van der Waals surface area contributed by atoms with Gasteiger partial charge in [-0.3, -0.25) is 0 Å². The SMILES string of the molecule is C=C(Cc1ccccc1)Cc1cc(C(C)C)c2c(c1C)C(=C)C1=C(C)[C@@]3(C)C(=C)C(C(=C)C)=C(C)C[C@@]3(C)C[C@@]1(C)C2. The largest absolute Gasteiger partial charge is 0.0992 e. The number of allylic oxidation sites excluding steroid dienone is 8. The maximum atomic E-state index is 4.93. The van der Waals surface area contributed by atoms with E-state index in [9.17, 15) is 0 Å². The molecule has 0 amide bonds. The lowest BCUT2D eigenvalue weighted by atomic mass is 9.41. The Morgan fingerprint density at radius 1 is 0.929 bits per heavy atom. The summed E-state index contributed by atoms with van der Waals surface area (Å²) in [5, 5.41) is 0. The number of hydrogen-bond donors (Lipinski definition) is 0. The lowest BCUT2D eigenvalue weighted by molar-refractivity contribution is 0.0543. The minimum Gasteiger partial charge on any atom is -0.0992 e. The summed E-state index contributed by atoms with van der Waals surface area (Å²) in [5.74, 6) is 0.450. The Morgan fingerprint density at radius 2 is 1.57 bits per heavy atom. The quantitative estimate of drug-likeness (QED) is 0.310. The summed E-state index contributed by atoms with van der Waals surface area (Å²) >= 11 is 0. The minimum absolute atomic E-state index is 0.0399. The molecule has 0 nitrogen and oxygen atoms in total. The highest BCUT2D eigenvalue weighted by atomic mass is 14.6. The van der Waals surface area contributed by atoms with Gasteiger partial charge in [-0.2, -0.15) is 0 Å². The topological polar surface area (TPSA) is 0 Å². The first-order valence-electron chi connectivity index (χ1n) is 15.9. The summed E-state index contributed by atoms with van der Waals surface area (Å²) in [6, 6.07) is 13.2. The van der Waals surface area contributed by atoms with Crippen LogP contribution in [0.4, 0.5) is 0 Å². The summed E-state index contributed by atoms with van der Waals surface area (Å²) in [5.41, 5.74) is 19.1. The van der Waals surface area contributed by atoms with E-state index in [-0.39, 0.29) is 16.2 Å². The Hall–Kier alpha value is -3.12. The van der Waals surface area contributed by atoms with Gasteiger partial charge in [0.15, 0.2) is 0 Å². The summed E-state index contributed by atoms with van der Waals surface area (Å²) in [4.78, 5) is 0. The molecule has 2 aromatic rings. The van der Waals surface area contributed by atoms with Crippen molar-refractivity contribution in [3.05, 3.63) is 135 Å². The van der Waals surface area contributed by atoms with E-state index in [1.165, 1.54) is 72.4 Å². The molecule has 0 radical (unpaired) electrons. The predicted octanol–water partition coefficient (Wildman–Crippen LogP) is 11.6. The minimum atomic E-state index is -0.132. The van der Waals surface area contributed by atoms with Gasteiger partial charge in [-0.05, 0) is 132 Å². The Bertz CT molecular complexity index is 1600. The highest BCUT2D eigenvalue weighted by Crippen LogP contribution is 2.70. The van der Waals surface area contributed by atoms with Crippen LogP contribution in [0.1, 0.15) is 108 Å². The Kier molecular flexibility index (Phi) is 7.41. The zero-order valence-electron chi connectivity index (χ0n) is 27.9. The highest BCUT2D eigenvalue weighted by molar-refractivity contribution is 5.87. The van der Waals surface area contributed by atoms with Crippen molar-refractivity contribution < 1.29 is 0 Å². The molecular weight excluding hydrogens is 504 g/mol. The molecule has 0 spiro atoms. The van der Waals surface area contributed by atoms with Gasteiger partial charge in [0.25, 0.3) is 0 Å². The third-order valence-electron chi connectivity index (χ3n) is 11.5. The van der Waals surface area contributed by atoms with E-state index in [1.807, 2.05) is 0 Å². The summed E-state index contributed by atoms with van der Waals surface area (Å²) in [7, 11) is 0. The van der Waals surface area contributed by atoms with Crippen molar-refractivity contribution in [2.24, 2.45) is 16.2 Å². The second-order valence-electron chi connectivity index (χ2n) is 15.0. The lowest BCUT2D eigenvalue weighted by Gasteiger charge is -2.62. The third-order valence-corrected chi connectivity index (χ3v) is 11.5. The molecule has 0 aromatic heterocycles. The van der Waals surface area contributed by atoms with Crippen LogP contribution in [0.3, 0.4) is 0 Å². The van der Waals surface area contributed by atoms with Crippen LogP contribution in [-0.2, 0) is 19.3 Å². The molecule has 0 saturated heterocycles. The second-order valence-corrected chi connectivity index (χ2v) is 15.0. The van der Waals surface area contributed by atoms with Gasteiger partial charge in [0.1, 0.15) is 0 Å². The smallest absolute Gasteiger partial charge is 0.0194 e. The summed E-state index contributed by atoms with van der Waals surface area (Å²) < 4.78 is 0. The Morgan fingerprint density at radius 3 is 2.17 bits per heavy atom. The molecule has 0 fully saturated rings. The number of rotatable bonds is 6. The molecule has 5 rings (SSSR count). The van der Waals surface area contributed by atoms with Crippen LogP contribution in [0.15, 0.2) is 102 Å². The van der Waals surface area contributed by atoms with Crippen molar-refractivity contribution in [3.8, 4) is 0 Å². The fourth-order valence-electron chi connectivity index (χ4n) is 9.60. The molecule has 0 N–H and O–H groups in total. The van der Waals surface area contributed by atoms with Gasteiger partial charge in [0.05, 0.1) is 0 Å². The van der Waals surface area contributed by atoms with Crippen LogP contribution in [-0.4, -0.2) is 0 Å². The van der Waals surface area contributed by atoms with E-state index >= 15 is 0 Å². The first-order chi connectivity index (χ1) is 19.6. The fourth-order valence-corrected chi connectivity index (χ4v) is 9.60. The van der Waals surface area contributed by atoms with Crippen LogP contribution in [0.2, 0.25) is 0 Å². The molecule has 0 heteroatoms. The number of hydrogen-bond acceptors (Lipinski definition) is 0. The van der Waals surface area contributed by atoms with E-state index < -0.39 is 0 Å². The molecule has 0 bridgehead atoms. The van der Waals surface area contributed by atoms with Crippen LogP contribution in [0.25, 0.3) is 5.57 Å². The van der Waals surface area contributed by atoms with Gasteiger partial charge < -0.3 is 0 Å². The Balaban J connectivity index is 1.66. The molecule has 3 aliphatic carbocycles. The molecular formula is C42H52. The van der Waals surface area contributed by atoms with Crippen molar-refractivity contribution in [2.75, 3.05) is 0 Å². The second kappa shape index (κ2) is 10.3. The van der Waals surface area contributed by atoms with E-state index in [4.69, 9.17) is 13.2 Å². The van der Waals surface area contributed by atoms with Crippen LogP contribution in [0, 0.1) is 23.2 Å². The van der Waals surface area contributed by atoms with Crippen LogP contribution in [0.5, 0.6) is 0 Å². The first kappa shape index (κ1) is 30.3. The average Bonchev–Trinajstić information content (AvgIpc) is 2.87. The van der Waals surface area contributed by atoms with E-state index in [1.54, 1.807) is 0 Å². The van der Waals surface area contributed by atoms with Gasteiger partial charge in [0.2, 0.25) is 0 Å². The molecule has 0 unspecified atom stereocenters. The summed E-state index contributed by atoms with van der Waals surface area (Å²) in [6.07, 6.45) is 5.10. The fraction of sp³-hybridized carbons (Fsp3) is 0.429. The van der Waals surface area contributed by atoms with Crippen molar-refractivity contribution in [1.82, 2.24) is 0 Å². The molecule has 3 aliphatic rings. The maximum Gasteiger partial charge on any atom is 0.0194 e. The molecule has 0 heterocycles. The van der Waals surface area contributed by atoms with Crippen molar-refractivity contribution in [2.45, 2.75) is 100 Å². The van der Waals surface area contributed by atoms with E-state index in [0.717, 1.165) is 37.7 Å². The molecule has 2 aromatic carbocycles. The van der Waals surface area contributed by atoms with Crippen LogP contribution < -0.4 is 0 Å². The molecule has 3 atom stereocenters.